The zero-order chi connectivity index (χ0) is 12.0. The van der Waals surface area contributed by atoms with Crippen molar-refractivity contribution in [3.05, 3.63) is 18.0 Å². The number of aryl methyl sites for hydroxylation is 1. The van der Waals surface area contributed by atoms with E-state index in [0.717, 1.165) is 19.5 Å². The summed E-state index contributed by atoms with van der Waals surface area (Å²) in [6.45, 7) is 8.90. The predicted octanol–water partition coefficient (Wildman–Crippen LogP) is 2.38. The van der Waals surface area contributed by atoms with E-state index in [1.807, 2.05) is 17.9 Å². The Morgan fingerprint density at radius 3 is 2.44 bits per heavy atom. The first-order valence-electron chi connectivity index (χ1n) is 6.34. The Hall–Kier alpha value is -0.830. The van der Waals surface area contributed by atoms with Crippen molar-refractivity contribution in [2.75, 3.05) is 13.1 Å². The topological polar surface area (TPSA) is 29.9 Å². The maximum absolute atomic E-state index is 4.25. The molecule has 0 amide bonds. The van der Waals surface area contributed by atoms with Crippen LogP contribution in [0.1, 0.15) is 39.2 Å². The van der Waals surface area contributed by atoms with E-state index in [-0.39, 0.29) is 0 Å². The molecule has 0 bridgehead atoms. The van der Waals surface area contributed by atoms with E-state index in [1.54, 1.807) is 0 Å². The number of hydrogen-bond acceptors (Lipinski definition) is 2. The number of hydrogen-bond donors (Lipinski definition) is 1. The molecule has 0 aliphatic rings. The molecule has 0 aliphatic carbocycles. The maximum atomic E-state index is 4.25. The molecule has 0 fully saturated rings. The highest BCUT2D eigenvalue weighted by Crippen LogP contribution is 2.30. The summed E-state index contributed by atoms with van der Waals surface area (Å²) < 4.78 is 1.89. The van der Waals surface area contributed by atoms with Crippen molar-refractivity contribution in [3.8, 4) is 0 Å². The molecule has 0 radical (unpaired) electrons. The highest BCUT2D eigenvalue weighted by atomic mass is 15.2. The summed E-state index contributed by atoms with van der Waals surface area (Å²) in [6, 6.07) is 0. The molecule has 0 saturated carbocycles. The Balaban J connectivity index is 2.69. The van der Waals surface area contributed by atoms with E-state index in [1.165, 1.54) is 18.4 Å². The van der Waals surface area contributed by atoms with E-state index in [0.29, 0.717) is 5.41 Å². The van der Waals surface area contributed by atoms with Gasteiger partial charge in [0.1, 0.15) is 0 Å². The monoisotopic (exact) mass is 223 g/mol. The molecule has 3 nitrogen and oxygen atoms in total. The molecule has 1 aromatic heterocycles. The van der Waals surface area contributed by atoms with Crippen LogP contribution in [0.4, 0.5) is 0 Å². The second-order valence-corrected chi connectivity index (χ2v) is 4.69. The Labute approximate surface area is 99.2 Å². The smallest absolute Gasteiger partial charge is 0.0521 e. The highest BCUT2D eigenvalue weighted by molar-refractivity contribution is 5.07. The van der Waals surface area contributed by atoms with Crippen LogP contribution in [-0.2, 0) is 13.5 Å². The molecule has 0 atom stereocenters. The lowest BCUT2D eigenvalue weighted by atomic mass is 9.77. The van der Waals surface area contributed by atoms with Crippen molar-refractivity contribution in [1.29, 1.82) is 0 Å². The van der Waals surface area contributed by atoms with Crippen molar-refractivity contribution in [2.45, 2.75) is 40.0 Å². The van der Waals surface area contributed by atoms with Gasteiger partial charge in [-0.25, -0.2) is 0 Å². The molecular weight excluding hydrogens is 198 g/mol. The quantitative estimate of drug-likeness (QED) is 0.769. The van der Waals surface area contributed by atoms with Gasteiger partial charge in [-0.15, -0.1) is 0 Å². The summed E-state index contributed by atoms with van der Waals surface area (Å²) in [5.74, 6) is 0. The molecule has 0 aliphatic heterocycles. The first kappa shape index (κ1) is 13.2. The van der Waals surface area contributed by atoms with E-state index >= 15 is 0 Å². The van der Waals surface area contributed by atoms with Gasteiger partial charge < -0.3 is 5.32 Å². The van der Waals surface area contributed by atoms with Gasteiger partial charge in [-0.3, -0.25) is 4.68 Å². The lowest BCUT2D eigenvalue weighted by Crippen LogP contribution is -2.35. The Morgan fingerprint density at radius 2 is 2.00 bits per heavy atom. The molecule has 0 spiro atoms. The van der Waals surface area contributed by atoms with Gasteiger partial charge in [0, 0.05) is 19.8 Å². The van der Waals surface area contributed by atoms with Crippen molar-refractivity contribution in [1.82, 2.24) is 15.1 Å². The number of aromatic nitrogens is 2. The van der Waals surface area contributed by atoms with E-state index in [9.17, 15) is 0 Å². The van der Waals surface area contributed by atoms with Gasteiger partial charge in [-0.2, -0.15) is 5.10 Å². The molecule has 92 valence electrons. The molecule has 1 N–H and O–H groups in total. The lowest BCUT2D eigenvalue weighted by Gasteiger charge is -2.31. The van der Waals surface area contributed by atoms with Gasteiger partial charge in [0.2, 0.25) is 0 Å². The fourth-order valence-electron chi connectivity index (χ4n) is 2.20. The lowest BCUT2D eigenvalue weighted by molar-refractivity contribution is 0.248. The van der Waals surface area contributed by atoms with Gasteiger partial charge in [0.25, 0.3) is 0 Å². The summed E-state index contributed by atoms with van der Waals surface area (Å²) in [5.41, 5.74) is 1.74. The van der Waals surface area contributed by atoms with E-state index < -0.39 is 0 Å². The van der Waals surface area contributed by atoms with Crippen LogP contribution in [0.15, 0.2) is 12.4 Å². The third-order valence-electron chi connectivity index (χ3n) is 3.59. The van der Waals surface area contributed by atoms with Crippen LogP contribution >= 0.6 is 0 Å². The SMILES string of the molecule is CCNCC(CC)(CC)Cc1cnn(C)c1. The first-order valence-corrected chi connectivity index (χ1v) is 6.34. The molecule has 16 heavy (non-hydrogen) atoms. The highest BCUT2D eigenvalue weighted by Gasteiger charge is 2.26. The van der Waals surface area contributed by atoms with Gasteiger partial charge >= 0.3 is 0 Å². The molecule has 0 saturated heterocycles. The van der Waals surface area contributed by atoms with Crippen molar-refractivity contribution in [3.63, 3.8) is 0 Å². The third-order valence-corrected chi connectivity index (χ3v) is 3.59. The van der Waals surface area contributed by atoms with Crippen LogP contribution in [0, 0.1) is 5.41 Å². The molecule has 0 unspecified atom stereocenters. The van der Waals surface area contributed by atoms with E-state index in [4.69, 9.17) is 0 Å². The Kier molecular flexibility index (Phi) is 5.00. The molecular formula is C13H25N3. The van der Waals surface area contributed by atoms with Crippen LogP contribution in [0.5, 0.6) is 0 Å². The molecule has 1 heterocycles. The first-order chi connectivity index (χ1) is 7.65. The van der Waals surface area contributed by atoms with Crippen LogP contribution in [0.2, 0.25) is 0 Å². The number of rotatable bonds is 7. The maximum Gasteiger partial charge on any atom is 0.0521 e. The Morgan fingerprint density at radius 1 is 1.31 bits per heavy atom. The van der Waals surface area contributed by atoms with Gasteiger partial charge in [-0.1, -0.05) is 20.8 Å². The molecule has 1 aromatic rings. The Bertz CT molecular complexity index is 300. The average Bonchev–Trinajstić information content (AvgIpc) is 2.70. The summed E-state index contributed by atoms with van der Waals surface area (Å²) in [7, 11) is 1.98. The number of nitrogens with zero attached hydrogens (tertiary/aromatic N) is 2. The largest absolute Gasteiger partial charge is 0.316 e. The van der Waals surface area contributed by atoms with Gasteiger partial charge in [-0.05, 0) is 36.8 Å². The van der Waals surface area contributed by atoms with Crippen LogP contribution in [0.3, 0.4) is 0 Å². The second-order valence-electron chi connectivity index (χ2n) is 4.69. The molecule has 1 rings (SSSR count). The standard InChI is InChI=1S/C13H25N3/c1-5-13(6-2,11-14-7-3)8-12-9-15-16(4)10-12/h9-10,14H,5-8,11H2,1-4H3. The van der Waals surface area contributed by atoms with Gasteiger partial charge in [0.15, 0.2) is 0 Å². The van der Waals surface area contributed by atoms with Crippen molar-refractivity contribution >= 4 is 0 Å². The summed E-state index contributed by atoms with van der Waals surface area (Å²) in [4.78, 5) is 0. The summed E-state index contributed by atoms with van der Waals surface area (Å²) >= 11 is 0. The summed E-state index contributed by atoms with van der Waals surface area (Å²) in [6.07, 6.45) is 7.68. The van der Waals surface area contributed by atoms with Crippen molar-refractivity contribution < 1.29 is 0 Å². The van der Waals surface area contributed by atoms with E-state index in [2.05, 4.69) is 37.4 Å². The number of nitrogens with one attached hydrogen (secondary N) is 1. The minimum atomic E-state index is 0.388. The van der Waals surface area contributed by atoms with Crippen molar-refractivity contribution in [2.24, 2.45) is 12.5 Å². The molecule has 3 heteroatoms. The minimum absolute atomic E-state index is 0.388. The fourth-order valence-corrected chi connectivity index (χ4v) is 2.20. The van der Waals surface area contributed by atoms with Crippen LogP contribution < -0.4 is 5.32 Å². The zero-order valence-corrected chi connectivity index (χ0v) is 11.1. The van der Waals surface area contributed by atoms with Crippen LogP contribution in [0.25, 0.3) is 0 Å². The zero-order valence-electron chi connectivity index (χ0n) is 11.1. The normalized spacial score (nSPS) is 12.0. The predicted molar refractivity (Wildman–Crippen MR) is 68.5 cm³/mol. The second kappa shape index (κ2) is 6.04. The fraction of sp³-hybridized carbons (Fsp3) is 0.769. The minimum Gasteiger partial charge on any atom is -0.316 e. The average molecular weight is 223 g/mol. The molecule has 0 aromatic carbocycles. The van der Waals surface area contributed by atoms with Crippen LogP contribution in [-0.4, -0.2) is 22.9 Å². The third kappa shape index (κ3) is 3.34. The van der Waals surface area contributed by atoms with Gasteiger partial charge in [0.05, 0.1) is 6.20 Å². The summed E-state index contributed by atoms with van der Waals surface area (Å²) in [5, 5.41) is 7.74.